The molecule has 2 rings (SSSR count). The first-order valence-corrected chi connectivity index (χ1v) is 9.33. The van der Waals surface area contributed by atoms with Crippen LogP contribution in [0.15, 0.2) is 0 Å². The first-order valence-electron chi connectivity index (χ1n) is 7.53. The van der Waals surface area contributed by atoms with Crippen molar-refractivity contribution in [2.75, 3.05) is 0 Å². The molecule has 0 radical (unpaired) electrons. The van der Waals surface area contributed by atoms with Crippen molar-refractivity contribution >= 4 is 7.37 Å². The van der Waals surface area contributed by atoms with Crippen molar-refractivity contribution in [3.05, 3.63) is 0 Å². The molecule has 3 heteroatoms. The molecule has 0 aromatic rings. The minimum atomic E-state index is -2.90. The number of hydrogen-bond acceptors (Lipinski definition) is 1. The molecule has 1 N–H and O–H groups in total. The van der Waals surface area contributed by atoms with E-state index in [1.165, 1.54) is 51.4 Å². The third-order valence-corrected chi connectivity index (χ3v) is 7.82. The van der Waals surface area contributed by atoms with Gasteiger partial charge in [0, 0.05) is 11.3 Å². The molecule has 2 nitrogen and oxygen atoms in total. The SMILES string of the molecule is O=P(O)(C1CCCCCC1)C1CCCCCC1. The van der Waals surface area contributed by atoms with Crippen LogP contribution >= 0.6 is 7.37 Å². The lowest BCUT2D eigenvalue weighted by Gasteiger charge is -2.28. The van der Waals surface area contributed by atoms with E-state index in [4.69, 9.17) is 0 Å². The molecular weight excluding hydrogens is 231 g/mol. The predicted octanol–water partition coefficient (Wildman–Crippen LogP) is 4.70. The lowest BCUT2D eigenvalue weighted by Crippen LogP contribution is -2.18. The van der Waals surface area contributed by atoms with Crippen molar-refractivity contribution in [1.29, 1.82) is 0 Å². The summed E-state index contributed by atoms with van der Waals surface area (Å²) in [5.41, 5.74) is 0.265. The van der Waals surface area contributed by atoms with Gasteiger partial charge >= 0.3 is 0 Å². The topological polar surface area (TPSA) is 37.3 Å². The van der Waals surface area contributed by atoms with Crippen LogP contribution in [0.5, 0.6) is 0 Å². The van der Waals surface area contributed by atoms with Gasteiger partial charge in [0.15, 0.2) is 0 Å². The molecule has 0 aromatic carbocycles. The molecule has 2 saturated carbocycles. The van der Waals surface area contributed by atoms with Crippen LogP contribution in [-0.2, 0) is 4.57 Å². The van der Waals surface area contributed by atoms with Crippen molar-refractivity contribution < 1.29 is 9.46 Å². The number of rotatable bonds is 2. The molecule has 0 aliphatic heterocycles. The third-order valence-electron chi connectivity index (χ3n) is 4.70. The van der Waals surface area contributed by atoms with Gasteiger partial charge in [-0.25, -0.2) is 0 Å². The van der Waals surface area contributed by atoms with E-state index in [1.54, 1.807) is 0 Å². The molecule has 0 aromatic heterocycles. The highest BCUT2D eigenvalue weighted by molar-refractivity contribution is 7.59. The Morgan fingerprint density at radius 3 is 1.24 bits per heavy atom. The Hall–Kier alpha value is 0.190. The van der Waals surface area contributed by atoms with Gasteiger partial charge in [0.2, 0.25) is 7.37 Å². The Kier molecular flexibility index (Phi) is 5.11. The fraction of sp³-hybridized carbons (Fsp3) is 1.00. The second-order valence-electron chi connectivity index (χ2n) is 5.96. The maximum absolute atomic E-state index is 12.8. The van der Waals surface area contributed by atoms with Crippen LogP contribution in [0.1, 0.15) is 77.0 Å². The molecule has 2 aliphatic rings. The van der Waals surface area contributed by atoms with Crippen LogP contribution < -0.4 is 0 Å². The summed E-state index contributed by atoms with van der Waals surface area (Å²) in [5.74, 6) is 0. The van der Waals surface area contributed by atoms with E-state index in [-0.39, 0.29) is 11.3 Å². The van der Waals surface area contributed by atoms with E-state index in [9.17, 15) is 9.46 Å². The maximum Gasteiger partial charge on any atom is 0.206 e. The zero-order chi connectivity index (χ0) is 12.1. The van der Waals surface area contributed by atoms with Crippen LogP contribution in [0.25, 0.3) is 0 Å². The van der Waals surface area contributed by atoms with Crippen LogP contribution in [0, 0.1) is 0 Å². The zero-order valence-corrected chi connectivity index (χ0v) is 11.8. The van der Waals surface area contributed by atoms with Crippen LogP contribution in [0.4, 0.5) is 0 Å². The van der Waals surface area contributed by atoms with Gasteiger partial charge in [-0.15, -0.1) is 0 Å². The summed E-state index contributed by atoms with van der Waals surface area (Å²) in [6.07, 6.45) is 13.8. The molecule has 0 bridgehead atoms. The Morgan fingerprint density at radius 1 is 0.647 bits per heavy atom. The van der Waals surface area contributed by atoms with Crippen molar-refractivity contribution in [3.8, 4) is 0 Å². The lowest BCUT2D eigenvalue weighted by molar-refractivity contribution is 0.428. The molecule has 2 fully saturated rings. The molecule has 17 heavy (non-hydrogen) atoms. The van der Waals surface area contributed by atoms with Gasteiger partial charge in [-0.2, -0.15) is 0 Å². The number of hydrogen-bond donors (Lipinski definition) is 1. The Balaban J connectivity index is 2.01. The van der Waals surface area contributed by atoms with Gasteiger partial charge < -0.3 is 4.89 Å². The highest BCUT2D eigenvalue weighted by Gasteiger charge is 2.38. The van der Waals surface area contributed by atoms with Crippen LogP contribution in [-0.4, -0.2) is 16.2 Å². The summed E-state index contributed by atoms with van der Waals surface area (Å²) in [5, 5.41) is 0. The minimum Gasteiger partial charge on any atom is -0.344 e. The van der Waals surface area contributed by atoms with Crippen molar-refractivity contribution in [2.45, 2.75) is 88.4 Å². The summed E-state index contributed by atoms with van der Waals surface area (Å²) < 4.78 is 12.8. The zero-order valence-electron chi connectivity index (χ0n) is 10.9. The average Bonchev–Trinajstić information content (AvgIpc) is 2.74. The minimum absolute atomic E-state index is 0.132. The van der Waals surface area contributed by atoms with Crippen LogP contribution in [0.2, 0.25) is 0 Å². The highest BCUT2D eigenvalue weighted by Crippen LogP contribution is 2.58. The molecule has 100 valence electrons. The van der Waals surface area contributed by atoms with E-state index in [0.29, 0.717) is 0 Å². The second kappa shape index (κ2) is 6.38. The standard InChI is InChI=1S/C14H27O2P/c15-17(16,13-9-5-1-2-6-10-13)14-11-7-3-4-8-12-14/h13-14H,1-12H2,(H,15,16). The highest BCUT2D eigenvalue weighted by atomic mass is 31.2. The third kappa shape index (κ3) is 3.58. The summed E-state index contributed by atoms with van der Waals surface area (Å²) >= 11 is 0. The predicted molar refractivity (Wildman–Crippen MR) is 72.8 cm³/mol. The van der Waals surface area contributed by atoms with E-state index < -0.39 is 7.37 Å². The molecule has 0 unspecified atom stereocenters. The van der Waals surface area contributed by atoms with Gasteiger partial charge in [-0.05, 0) is 25.7 Å². The fourth-order valence-corrected chi connectivity index (χ4v) is 6.36. The molecule has 2 aliphatic carbocycles. The van der Waals surface area contributed by atoms with Gasteiger partial charge in [0.05, 0.1) is 0 Å². The monoisotopic (exact) mass is 258 g/mol. The normalized spacial score (nSPS) is 26.4. The van der Waals surface area contributed by atoms with Gasteiger partial charge in [0.1, 0.15) is 0 Å². The molecule has 0 heterocycles. The van der Waals surface area contributed by atoms with Crippen LogP contribution in [0.3, 0.4) is 0 Å². The van der Waals surface area contributed by atoms with Crippen molar-refractivity contribution in [1.82, 2.24) is 0 Å². The Morgan fingerprint density at radius 2 is 0.941 bits per heavy atom. The maximum atomic E-state index is 12.8. The first-order chi connectivity index (χ1) is 8.21. The summed E-state index contributed by atoms with van der Waals surface area (Å²) in [4.78, 5) is 10.6. The summed E-state index contributed by atoms with van der Waals surface area (Å²) in [6, 6.07) is 0. The average molecular weight is 258 g/mol. The van der Waals surface area contributed by atoms with Crippen molar-refractivity contribution in [3.63, 3.8) is 0 Å². The smallest absolute Gasteiger partial charge is 0.206 e. The van der Waals surface area contributed by atoms with E-state index in [2.05, 4.69) is 0 Å². The van der Waals surface area contributed by atoms with E-state index >= 15 is 0 Å². The molecule has 0 saturated heterocycles. The molecule has 0 spiro atoms. The first kappa shape index (κ1) is 13.6. The molecule has 0 atom stereocenters. The second-order valence-corrected chi connectivity index (χ2v) is 8.77. The molecule has 0 amide bonds. The van der Waals surface area contributed by atoms with Gasteiger partial charge in [-0.3, -0.25) is 4.57 Å². The fourth-order valence-electron chi connectivity index (χ4n) is 3.55. The summed E-state index contributed by atoms with van der Waals surface area (Å²) in [7, 11) is -2.90. The Labute approximate surface area is 106 Å². The Bertz CT molecular complexity index is 237. The quantitative estimate of drug-likeness (QED) is 0.575. The lowest BCUT2D eigenvalue weighted by atomic mass is 10.2. The van der Waals surface area contributed by atoms with E-state index in [0.717, 1.165) is 25.7 Å². The molecular formula is C14H27O2P. The van der Waals surface area contributed by atoms with Gasteiger partial charge in [0.25, 0.3) is 0 Å². The van der Waals surface area contributed by atoms with Gasteiger partial charge in [-0.1, -0.05) is 51.4 Å². The summed E-state index contributed by atoms with van der Waals surface area (Å²) in [6.45, 7) is 0. The van der Waals surface area contributed by atoms with E-state index in [1.807, 2.05) is 0 Å². The van der Waals surface area contributed by atoms with Crippen molar-refractivity contribution in [2.24, 2.45) is 0 Å². The largest absolute Gasteiger partial charge is 0.344 e.